The predicted octanol–water partition coefficient (Wildman–Crippen LogP) is 3.38. The summed E-state index contributed by atoms with van der Waals surface area (Å²) in [5.41, 5.74) is 1.64. The van der Waals surface area contributed by atoms with Crippen molar-refractivity contribution >= 4 is 12.6 Å². The molecule has 0 amide bonds. The molecule has 0 aromatic heterocycles. The van der Waals surface area contributed by atoms with E-state index in [0.717, 1.165) is 5.46 Å². The minimum Gasteiger partial charge on any atom is -0.407 e. The third-order valence-corrected chi connectivity index (χ3v) is 2.62. The standard InChI is InChI=1S/C17H26BNO2/c1-16(2,3)12-20-18(21-13-17(4,5)6)15-9-7-8-14(10-15)11-19/h7-10H,12-13H2,1-6H3. The quantitative estimate of drug-likeness (QED) is 0.780. The first kappa shape index (κ1) is 17.7. The molecule has 0 unspecified atom stereocenters. The molecule has 0 spiro atoms. The van der Waals surface area contributed by atoms with E-state index >= 15 is 0 Å². The first-order chi connectivity index (χ1) is 9.61. The highest BCUT2D eigenvalue weighted by Crippen LogP contribution is 2.16. The van der Waals surface area contributed by atoms with E-state index in [0.29, 0.717) is 18.8 Å². The summed E-state index contributed by atoms with van der Waals surface area (Å²) in [7, 11) is -0.434. The lowest BCUT2D eigenvalue weighted by atomic mass is 9.77. The summed E-state index contributed by atoms with van der Waals surface area (Å²) in [5.74, 6) is 0. The molecule has 0 saturated carbocycles. The second kappa shape index (κ2) is 7.11. The molecule has 0 N–H and O–H groups in total. The third-order valence-electron chi connectivity index (χ3n) is 2.62. The molecule has 4 heteroatoms. The lowest BCUT2D eigenvalue weighted by Gasteiger charge is -2.25. The number of nitrogens with zero attached hydrogens (tertiary/aromatic N) is 1. The van der Waals surface area contributed by atoms with Gasteiger partial charge in [0.2, 0.25) is 0 Å². The van der Waals surface area contributed by atoms with Gasteiger partial charge in [-0.2, -0.15) is 5.26 Å². The molecule has 114 valence electrons. The highest BCUT2D eigenvalue weighted by Gasteiger charge is 2.26. The van der Waals surface area contributed by atoms with E-state index in [1.807, 2.05) is 18.2 Å². The number of benzene rings is 1. The highest BCUT2D eigenvalue weighted by molar-refractivity contribution is 6.61. The molecule has 0 fully saturated rings. The average Bonchev–Trinajstić information content (AvgIpc) is 2.36. The molecule has 0 bridgehead atoms. The third kappa shape index (κ3) is 7.31. The minimum atomic E-state index is -0.434. The maximum Gasteiger partial charge on any atom is 0.493 e. The van der Waals surface area contributed by atoms with Crippen molar-refractivity contribution in [2.24, 2.45) is 10.8 Å². The molecule has 1 aromatic carbocycles. The van der Waals surface area contributed by atoms with Gasteiger partial charge >= 0.3 is 7.12 Å². The fourth-order valence-electron chi connectivity index (χ4n) is 1.65. The molecular weight excluding hydrogens is 261 g/mol. The molecule has 0 radical (unpaired) electrons. The average molecular weight is 287 g/mol. The van der Waals surface area contributed by atoms with Crippen molar-refractivity contribution in [2.75, 3.05) is 13.2 Å². The van der Waals surface area contributed by atoms with Crippen LogP contribution in [-0.2, 0) is 9.31 Å². The zero-order valence-corrected chi connectivity index (χ0v) is 14.1. The van der Waals surface area contributed by atoms with Gasteiger partial charge in [-0.25, -0.2) is 0 Å². The van der Waals surface area contributed by atoms with Crippen LogP contribution in [0.25, 0.3) is 0 Å². The van der Waals surface area contributed by atoms with Crippen molar-refractivity contribution in [3.63, 3.8) is 0 Å². The molecule has 0 atom stereocenters. The molecule has 0 aliphatic rings. The fourth-order valence-corrected chi connectivity index (χ4v) is 1.65. The first-order valence-corrected chi connectivity index (χ1v) is 7.34. The van der Waals surface area contributed by atoms with Crippen LogP contribution in [0.1, 0.15) is 47.1 Å². The predicted molar refractivity (Wildman–Crippen MR) is 87.4 cm³/mol. The Balaban J connectivity index is 2.87. The van der Waals surface area contributed by atoms with Gasteiger partial charge in [0, 0.05) is 13.2 Å². The summed E-state index contributed by atoms with van der Waals surface area (Å²) in [4.78, 5) is 0. The van der Waals surface area contributed by atoms with Gasteiger partial charge in [0.15, 0.2) is 0 Å². The van der Waals surface area contributed by atoms with E-state index in [-0.39, 0.29) is 10.8 Å². The number of nitriles is 1. The van der Waals surface area contributed by atoms with Crippen LogP contribution in [0, 0.1) is 22.2 Å². The normalized spacial score (nSPS) is 12.0. The van der Waals surface area contributed by atoms with E-state index < -0.39 is 7.12 Å². The van der Waals surface area contributed by atoms with Crippen LogP contribution in [-0.4, -0.2) is 20.3 Å². The second-order valence-electron chi connectivity index (χ2n) is 7.81. The van der Waals surface area contributed by atoms with Crippen molar-refractivity contribution in [3.8, 4) is 6.07 Å². The molecule has 21 heavy (non-hydrogen) atoms. The zero-order chi connectivity index (χ0) is 16.1. The Morgan fingerprint density at radius 3 is 1.95 bits per heavy atom. The van der Waals surface area contributed by atoms with Crippen LogP contribution in [0.5, 0.6) is 0 Å². The van der Waals surface area contributed by atoms with Crippen LogP contribution in [0.4, 0.5) is 0 Å². The number of rotatable bonds is 5. The Kier molecular flexibility index (Phi) is 6.01. The van der Waals surface area contributed by atoms with Crippen molar-refractivity contribution in [1.29, 1.82) is 5.26 Å². The van der Waals surface area contributed by atoms with Gasteiger partial charge in [0.25, 0.3) is 0 Å². The van der Waals surface area contributed by atoms with Gasteiger partial charge in [-0.05, 0) is 28.4 Å². The van der Waals surface area contributed by atoms with Crippen LogP contribution in [0.3, 0.4) is 0 Å². The fraction of sp³-hybridized carbons (Fsp3) is 0.588. The monoisotopic (exact) mass is 287 g/mol. The summed E-state index contributed by atoms with van der Waals surface area (Å²) in [6.45, 7) is 13.9. The smallest absolute Gasteiger partial charge is 0.407 e. The van der Waals surface area contributed by atoms with E-state index in [1.54, 1.807) is 6.07 Å². The SMILES string of the molecule is CC(C)(C)COB(OCC(C)(C)C)c1cccc(C#N)c1. The summed E-state index contributed by atoms with van der Waals surface area (Å²) >= 11 is 0. The van der Waals surface area contributed by atoms with E-state index in [1.165, 1.54) is 0 Å². The van der Waals surface area contributed by atoms with Crippen LogP contribution >= 0.6 is 0 Å². The molecule has 0 saturated heterocycles. The van der Waals surface area contributed by atoms with Crippen LogP contribution in [0.15, 0.2) is 24.3 Å². The topological polar surface area (TPSA) is 42.2 Å². The maximum atomic E-state index is 9.03. The summed E-state index contributed by atoms with van der Waals surface area (Å²) in [6.07, 6.45) is 0. The summed E-state index contributed by atoms with van der Waals surface area (Å²) in [6, 6.07) is 9.58. The van der Waals surface area contributed by atoms with Crippen molar-refractivity contribution in [2.45, 2.75) is 41.5 Å². The van der Waals surface area contributed by atoms with Crippen LogP contribution < -0.4 is 5.46 Å². The lowest BCUT2D eigenvalue weighted by molar-refractivity contribution is 0.119. The van der Waals surface area contributed by atoms with E-state index in [2.05, 4.69) is 47.6 Å². The van der Waals surface area contributed by atoms with E-state index in [9.17, 15) is 0 Å². The minimum absolute atomic E-state index is 0.0657. The Hall–Kier alpha value is -1.31. The zero-order valence-electron chi connectivity index (χ0n) is 14.1. The Bertz CT molecular complexity index is 477. The molecule has 1 rings (SSSR count). The number of hydrogen-bond donors (Lipinski definition) is 0. The van der Waals surface area contributed by atoms with Gasteiger partial charge in [-0.15, -0.1) is 0 Å². The molecular formula is C17H26BNO2. The lowest BCUT2D eigenvalue weighted by Crippen LogP contribution is -2.41. The molecule has 0 heterocycles. The van der Waals surface area contributed by atoms with Gasteiger partial charge in [0.1, 0.15) is 0 Å². The van der Waals surface area contributed by atoms with Crippen molar-refractivity contribution in [3.05, 3.63) is 29.8 Å². The number of hydrogen-bond acceptors (Lipinski definition) is 3. The first-order valence-electron chi connectivity index (χ1n) is 7.34. The summed E-state index contributed by atoms with van der Waals surface area (Å²) < 4.78 is 11.9. The molecule has 0 aliphatic carbocycles. The van der Waals surface area contributed by atoms with Gasteiger partial charge in [-0.3, -0.25) is 0 Å². The van der Waals surface area contributed by atoms with Crippen molar-refractivity contribution < 1.29 is 9.31 Å². The Labute approximate surface area is 129 Å². The largest absolute Gasteiger partial charge is 0.493 e. The highest BCUT2D eigenvalue weighted by atomic mass is 16.6. The van der Waals surface area contributed by atoms with E-state index in [4.69, 9.17) is 14.6 Å². The van der Waals surface area contributed by atoms with Crippen molar-refractivity contribution in [1.82, 2.24) is 0 Å². The second-order valence-corrected chi connectivity index (χ2v) is 7.81. The molecule has 0 aliphatic heterocycles. The Morgan fingerprint density at radius 1 is 1.00 bits per heavy atom. The Morgan fingerprint density at radius 2 is 1.52 bits per heavy atom. The van der Waals surface area contributed by atoms with Gasteiger partial charge < -0.3 is 9.31 Å². The van der Waals surface area contributed by atoms with Gasteiger partial charge in [0.05, 0.1) is 11.6 Å². The molecule has 3 nitrogen and oxygen atoms in total. The van der Waals surface area contributed by atoms with Gasteiger partial charge in [-0.1, -0.05) is 53.7 Å². The molecule has 1 aromatic rings. The summed E-state index contributed by atoms with van der Waals surface area (Å²) in [5, 5.41) is 9.03. The van der Waals surface area contributed by atoms with Crippen LogP contribution in [0.2, 0.25) is 0 Å². The maximum absolute atomic E-state index is 9.03.